The van der Waals surface area contributed by atoms with Gasteiger partial charge in [0.05, 0.1) is 15.6 Å². The summed E-state index contributed by atoms with van der Waals surface area (Å²) in [5.74, 6) is 0.839. The summed E-state index contributed by atoms with van der Waals surface area (Å²) >= 11 is 7.00. The minimum absolute atomic E-state index is 0.226. The minimum Gasteiger partial charge on any atom is -0.492 e. The second-order valence-corrected chi connectivity index (χ2v) is 5.28. The Kier molecular flexibility index (Phi) is 7.11. The summed E-state index contributed by atoms with van der Waals surface area (Å²) in [6, 6.07) is 4.09. The van der Waals surface area contributed by atoms with Gasteiger partial charge in [0.1, 0.15) is 5.75 Å². The summed E-state index contributed by atoms with van der Waals surface area (Å²) in [7, 11) is 0. The molecule has 5 heteroatoms. The van der Waals surface area contributed by atoms with Crippen LogP contribution in [0.1, 0.15) is 18.9 Å². The number of aliphatic hydroxyl groups is 1. The molecule has 0 spiro atoms. The fourth-order valence-corrected chi connectivity index (χ4v) is 2.94. The van der Waals surface area contributed by atoms with Crippen molar-refractivity contribution in [2.45, 2.75) is 19.9 Å². The predicted octanol–water partition coefficient (Wildman–Crippen LogP) is 3.08. The summed E-state index contributed by atoms with van der Waals surface area (Å²) in [5.41, 5.74) is 1.17. The van der Waals surface area contributed by atoms with Crippen molar-refractivity contribution in [2.24, 2.45) is 0 Å². The largest absolute Gasteiger partial charge is 0.492 e. The molecule has 1 aromatic rings. The lowest BCUT2D eigenvalue weighted by molar-refractivity contribution is 0.286. The van der Waals surface area contributed by atoms with Crippen molar-refractivity contribution in [2.75, 3.05) is 19.8 Å². The summed E-state index contributed by atoms with van der Waals surface area (Å²) in [4.78, 5) is 0. The highest BCUT2D eigenvalue weighted by atomic mass is 79.9. The quantitative estimate of drug-likeness (QED) is 0.728. The summed E-state index contributed by atoms with van der Waals surface area (Å²) in [6.07, 6.45) is 0.777. The first-order valence-electron chi connectivity index (χ1n) is 5.61. The van der Waals surface area contributed by atoms with Crippen LogP contribution in [0.25, 0.3) is 0 Å². The molecule has 1 aromatic carbocycles. The maximum Gasteiger partial charge on any atom is 0.147 e. The Hall–Kier alpha value is -0.100. The van der Waals surface area contributed by atoms with Crippen molar-refractivity contribution in [1.82, 2.24) is 5.32 Å². The Balaban J connectivity index is 2.63. The number of aliphatic hydroxyl groups excluding tert-OH is 1. The fraction of sp³-hybridized carbons (Fsp3) is 0.500. The molecule has 0 heterocycles. The van der Waals surface area contributed by atoms with Gasteiger partial charge in [0.25, 0.3) is 0 Å². The zero-order valence-electron chi connectivity index (χ0n) is 9.80. The van der Waals surface area contributed by atoms with Crippen LogP contribution in [0.4, 0.5) is 0 Å². The third kappa shape index (κ3) is 4.95. The molecule has 0 saturated heterocycles. The van der Waals surface area contributed by atoms with E-state index in [-0.39, 0.29) is 6.61 Å². The lowest BCUT2D eigenvalue weighted by Gasteiger charge is -2.11. The van der Waals surface area contributed by atoms with Gasteiger partial charge in [-0.15, -0.1) is 0 Å². The van der Waals surface area contributed by atoms with Crippen molar-refractivity contribution in [3.05, 3.63) is 26.6 Å². The van der Waals surface area contributed by atoms with Crippen LogP contribution >= 0.6 is 31.9 Å². The van der Waals surface area contributed by atoms with Gasteiger partial charge in [-0.25, -0.2) is 0 Å². The number of benzene rings is 1. The molecule has 1 rings (SSSR count). The molecular formula is C12H17Br2NO2. The van der Waals surface area contributed by atoms with E-state index in [1.54, 1.807) is 0 Å². The zero-order valence-corrected chi connectivity index (χ0v) is 13.0. The van der Waals surface area contributed by atoms with Crippen molar-refractivity contribution >= 4 is 31.9 Å². The van der Waals surface area contributed by atoms with Crippen LogP contribution in [0.5, 0.6) is 5.75 Å². The van der Waals surface area contributed by atoms with E-state index in [2.05, 4.69) is 37.2 Å². The minimum atomic E-state index is 0.226. The smallest absolute Gasteiger partial charge is 0.147 e. The Morgan fingerprint density at radius 3 is 2.47 bits per heavy atom. The van der Waals surface area contributed by atoms with Crippen molar-refractivity contribution < 1.29 is 9.84 Å². The third-order valence-electron chi connectivity index (χ3n) is 2.19. The molecule has 17 heavy (non-hydrogen) atoms. The van der Waals surface area contributed by atoms with E-state index in [1.165, 1.54) is 5.56 Å². The monoisotopic (exact) mass is 365 g/mol. The molecule has 0 aromatic heterocycles. The number of rotatable bonds is 7. The second kappa shape index (κ2) is 8.08. The van der Waals surface area contributed by atoms with Crippen LogP contribution in [0.2, 0.25) is 0 Å². The molecule has 0 aliphatic carbocycles. The Morgan fingerprint density at radius 2 is 1.94 bits per heavy atom. The third-order valence-corrected chi connectivity index (χ3v) is 3.37. The highest BCUT2D eigenvalue weighted by molar-refractivity contribution is 9.11. The topological polar surface area (TPSA) is 41.5 Å². The molecule has 0 bridgehead atoms. The second-order valence-electron chi connectivity index (χ2n) is 3.58. The summed E-state index contributed by atoms with van der Waals surface area (Å²) < 4.78 is 7.42. The van der Waals surface area contributed by atoms with E-state index < -0.39 is 0 Å². The van der Waals surface area contributed by atoms with Crippen molar-refractivity contribution in [3.8, 4) is 5.75 Å². The summed E-state index contributed by atoms with van der Waals surface area (Å²) in [6.45, 7) is 4.43. The molecule has 2 N–H and O–H groups in total. The van der Waals surface area contributed by atoms with E-state index in [0.717, 1.165) is 34.2 Å². The molecule has 0 radical (unpaired) electrons. The highest BCUT2D eigenvalue weighted by Crippen LogP contribution is 2.34. The number of nitrogens with one attached hydrogen (secondary N) is 1. The average molecular weight is 367 g/mol. The predicted molar refractivity (Wildman–Crippen MR) is 76.4 cm³/mol. The van der Waals surface area contributed by atoms with Crippen LogP contribution in [0, 0.1) is 0 Å². The van der Waals surface area contributed by atoms with Crippen LogP contribution in [0.15, 0.2) is 21.1 Å². The standard InChI is InChI=1S/C12H17Br2NO2/c1-2-17-12-10(13)6-9(7-11(12)14)8-15-4-3-5-16/h6-7,15-16H,2-5,8H2,1H3. The van der Waals surface area contributed by atoms with Gasteiger partial charge in [-0.1, -0.05) is 0 Å². The van der Waals surface area contributed by atoms with Gasteiger partial charge in [0.15, 0.2) is 0 Å². The maximum atomic E-state index is 8.68. The lowest BCUT2D eigenvalue weighted by Crippen LogP contribution is -2.15. The normalized spacial score (nSPS) is 10.6. The highest BCUT2D eigenvalue weighted by Gasteiger charge is 2.08. The average Bonchev–Trinajstić information content (AvgIpc) is 2.29. The Morgan fingerprint density at radius 1 is 1.29 bits per heavy atom. The fourth-order valence-electron chi connectivity index (χ4n) is 1.43. The molecule has 0 saturated carbocycles. The van der Waals surface area contributed by atoms with Crippen LogP contribution < -0.4 is 10.1 Å². The first-order valence-corrected chi connectivity index (χ1v) is 7.20. The van der Waals surface area contributed by atoms with Crippen molar-refractivity contribution in [1.29, 1.82) is 0 Å². The molecule has 96 valence electrons. The number of halogens is 2. The summed E-state index contributed by atoms with van der Waals surface area (Å²) in [5, 5.41) is 11.9. The molecule has 0 amide bonds. The van der Waals surface area contributed by atoms with Gasteiger partial charge in [-0.2, -0.15) is 0 Å². The van der Waals surface area contributed by atoms with Crippen LogP contribution in [0.3, 0.4) is 0 Å². The number of hydrogen-bond donors (Lipinski definition) is 2. The van der Waals surface area contributed by atoms with Gasteiger partial charge in [0, 0.05) is 13.2 Å². The zero-order chi connectivity index (χ0) is 12.7. The SMILES string of the molecule is CCOc1c(Br)cc(CNCCCO)cc1Br. The molecule has 0 unspecified atom stereocenters. The maximum absolute atomic E-state index is 8.68. The van der Waals surface area contributed by atoms with E-state index in [0.29, 0.717) is 6.61 Å². The molecule has 0 fully saturated rings. The van der Waals surface area contributed by atoms with Gasteiger partial charge in [-0.3, -0.25) is 0 Å². The van der Waals surface area contributed by atoms with Gasteiger partial charge >= 0.3 is 0 Å². The van der Waals surface area contributed by atoms with Crippen LogP contribution in [-0.4, -0.2) is 24.9 Å². The molecular weight excluding hydrogens is 350 g/mol. The molecule has 0 aliphatic heterocycles. The van der Waals surface area contributed by atoms with E-state index >= 15 is 0 Å². The van der Waals surface area contributed by atoms with Crippen molar-refractivity contribution in [3.63, 3.8) is 0 Å². The number of ether oxygens (including phenoxy) is 1. The van der Waals surface area contributed by atoms with Crippen LogP contribution in [-0.2, 0) is 6.54 Å². The van der Waals surface area contributed by atoms with E-state index in [1.807, 2.05) is 19.1 Å². The Bertz CT molecular complexity index is 335. The first-order chi connectivity index (χ1) is 8.19. The molecule has 0 aliphatic rings. The van der Waals surface area contributed by atoms with E-state index in [4.69, 9.17) is 9.84 Å². The van der Waals surface area contributed by atoms with Gasteiger partial charge < -0.3 is 15.2 Å². The number of hydrogen-bond acceptors (Lipinski definition) is 3. The lowest BCUT2D eigenvalue weighted by atomic mass is 10.2. The Labute approximate surface area is 119 Å². The van der Waals surface area contributed by atoms with Gasteiger partial charge in [-0.05, 0) is 69.4 Å². The molecule has 3 nitrogen and oxygen atoms in total. The van der Waals surface area contributed by atoms with Gasteiger partial charge in [0.2, 0.25) is 0 Å². The first kappa shape index (κ1) is 15.0. The molecule has 0 atom stereocenters. The van der Waals surface area contributed by atoms with E-state index in [9.17, 15) is 0 Å².